The highest BCUT2D eigenvalue weighted by Crippen LogP contribution is 2.26. The Morgan fingerprint density at radius 1 is 1.00 bits per heavy atom. The van der Waals surface area contributed by atoms with Crippen molar-refractivity contribution < 1.29 is 9.53 Å². The molecule has 1 aliphatic rings. The fourth-order valence-corrected chi connectivity index (χ4v) is 4.26. The molecule has 26 heavy (non-hydrogen) atoms. The average Bonchev–Trinajstić information content (AvgIpc) is 2.62. The van der Waals surface area contributed by atoms with Crippen LogP contribution >= 0.6 is 47.8 Å². The Kier molecular flexibility index (Phi) is 9.16. The third-order valence-corrected chi connectivity index (χ3v) is 5.55. The molecule has 0 radical (unpaired) electrons. The van der Waals surface area contributed by atoms with Gasteiger partial charge in [0, 0.05) is 32.2 Å². The lowest BCUT2D eigenvalue weighted by Gasteiger charge is -2.32. The Hall–Kier alpha value is -0.850. The number of hydrogen-bond acceptors (Lipinski definition) is 3. The van der Waals surface area contributed by atoms with E-state index in [0.717, 1.165) is 39.3 Å². The van der Waals surface area contributed by atoms with Crippen LogP contribution in [0.2, 0.25) is 0 Å². The second-order valence-corrected chi connectivity index (χ2v) is 8.68. The van der Waals surface area contributed by atoms with Gasteiger partial charge in [-0.15, -0.1) is 0 Å². The molecule has 3 rings (SSSR count). The zero-order valence-electron chi connectivity index (χ0n) is 14.6. The summed E-state index contributed by atoms with van der Waals surface area (Å²) in [5.74, 6) is 0.0414. The van der Waals surface area contributed by atoms with Crippen molar-refractivity contribution in [1.82, 2.24) is 0 Å². The highest BCUT2D eigenvalue weighted by Gasteiger charge is 2.25. The highest BCUT2D eigenvalue weighted by molar-refractivity contribution is 9.11. The van der Waals surface area contributed by atoms with E-state index in [0.29, 0.717) is 6.61 Å². The van der Waals surface area contributed by atoms with Gasteiger partial charge in [-0.2, -0.15) is 0 Å². The molecule has 0 aliphatic carbocycles. The van der Waals surface area contributed by atoms with Gasteiger partial charge in [0.25, 0.3) is 0 Å². The lowest BCUT2D eigenvalue weighted by Crippen LogP contribution is -2.36. The second kappa shape index (κ2) is 11.1. The minimum absolute atomic E-state index is 0.0357. The number of esters is 1. The molecule has 3 nitrogen and oxygen atoms in total. The minimum Gasteiger partial charge on any atom is -0.466 e. The maximum atomic E-state index is 11.6. The predicted octanol–water partition coefficient (Wildman–Crippen LogP) is 6.44. The monoisotopic (exact) mass is 545 g/mol. The van der Waals surface area contributed by atoms with Crippen LogP contribution in [-0.4, -0.2) is 25.7 Å². The van der Waals surface area contributed by atoms with Crippen molar-refractivity contribution >= 4 is 59.4 Å². The van der Waals surface area contributed by atoms with E-state index >= 15 is 0 Å². The van der Waals surface area contributed by atoms with Gasteiger partial charge in [0.15, 0.2) is 0 Å². The molecule has 0 amide bonds. The molecule has 1 aliphatic heterocycles. The quantitative estimate of drug-likeness (QED) is 0.414. The minimum atomic E-state index is -0.0357. The summed E-state index contributed by atoms with van der Waals surface area (Å²) >= 11 is 10.1. The number of hydrogen-bond donors (Lipinski definition) is 0. The number of rotatable bonds is 3. The van der Waals surface area contributed by atoms with Gasteiger partial charge in [-0.25, -0.2) is 0 Å². The summed E-state index contributed by atoms with van der Waals surface area (Å²) in [6, 6.07) is 16.2. The van der Waals surface area contributed by atoms with Gasteiger partial charge < -0.3 is 9.64 Å². The van der Waals surface area contributed by atoms with E-state index in [1.54, 1.807) is 0 Å². The molecule has 1 heterocycles. The molecule has 0 N–H and O–H groups in total. The number of ether oxygens (including phenoxy) is 1. The van der Waals surface area contributed by atoms with Crippen molar-refractivity contribution in [2.45, 2.75) is 19.8 Å². The van der Waals surface area contributed by atoms with Gasteiger partial charge in [0.1, 0.15) is 0 Å². The first-order chi connectivity index (χ1) is 12.5. The van der Waals surface area contributed by atoms with Gasteiger partial charge in [0.05, 0.1) is 12.5 Å². The molecule has 0 spiro atoms. The van der Waals surface area contributed by atoms with Crippen molar-refractivity contribution in [3.63, 3.8) is 0 Å². The molecule has 0 bridgehead atoms. The third-order valence-electron chi connectivity index (χ3n) is 4.07. The summed E-state index contributed by atoms with van der Waals surface area (Å²) in [7, 11) is 0. The van der Waals surface area contributed by atoms with Crippen LogP contribution in [0.1, 0.15) is 19.8 Å². The summed E-state index contributed by atoms with van der Waals surface area (Å²) in [5.41, 5.74) is 1.21. The van der Waals surface area contributed by atoms with Crippen LogP contribution in [0.25, 0.3) is 0 Å². The lowest BCUT2D eigenvalue weighted by atomic mass is 9.96. The second-order valence-electron chi connectivity index (χ2n) is 5.93. The summed E-state index contributed by atoms with van der Waals surface area (Å²) in [6.07, 6.45) is 1.76. The van der Waals surface area contributed by atoms with E-state index in [9.17, 15) is 4.79 Å². The van der Waals surface area contributed by atoms with Crippen LogP contribution < -0.4 is 4.90 Å². The molecule has 0 saturated carbocycles. The van der Waals surface area contributed by atoms with Crippen molar-refractivity contribution in [3.8, 4) is 0 Å². The van der Waals surface area contributed by atoms with Crippen molar-refractivity contribution in [1.29, 1.82) is 0 Å². The molecule has 1 saturated heterocycles. The third kappa shape index (κ3) is 7.05. The van der Waals surface area contributed by atoms with E-state index in [-0.39, 0.29) is 11.9 Å². The van der Waals surface area contributed by atoms with Crippen LogP contribution in [0.4, 0.5) is 5.69 Å². The smallest absolute Gasteiger partial charge is 0.309 e. The maximum Gasteiger partial charge on any atom is 0.309 e. The van der Waals surface area contributed by atoms with E-state index < -0.39 is 0 Å². The molecular formula is C20H22Br3NO2. The van der Waals surface area contributed by atoms with Crippen LogP contribution in [0.15, 0.2) is 61.9 Å². The Morgan fingerprint density at radius 2 is 1.54 bits per heavy atom. The first kappa shape index (κ1) is 21.5. The normalized spacial score (nSPS) is 14.4. The number of benzene rings is 2. The van der Waals surface area contributed by atoms with Gasteiger partial charge in [-0.3, -0.25) is 4.79 Å². The zero-order valence-corrected chi connectivity index (χ0v) is 19.4. The number of halogens is 3. The van der Waals surface area contributed by atoms with Gasteiger partial charge >= 0.3 is 5.97 Å². The number of anilines is 1. The highest BCUT2D eigenvalue weighted by atomic mass is 79.9. The molecule has 0 atom stereocenters. The molecule has 6 heteroatoms. The standard InChI is InChI=1S/C14H18BrNO2.C6H4Br2/c1-2-18-14(17)11-6-8-16(9-7-11)13-5-3-4-12(15)10-13;7-5-2-1-3-6(8)4-5/h3-5,10-11H,2,6-9H2,1H3;1-4H. The predicted molar refractivity (Wildman–Crippen MR) is 118 cm³/mol. The molecule has 140 valence electrons. The molecule has 2 aromatic carbocycles. The molecule has 1 fully saturated rings. The van der Waals surface area contributed by atoms with Gasteiger partial charge in [-0.05, 0) is 56.2 Å². The largest absolute Gasteiger partial charge is 0.466 e. The fourth-order valence-electron chi connectivity index (χ4n) is 2.77. The van der Waals surface area contributed by atoms with Gasteiger partial charge in [-0.1, -0.05) is 59.9 Å². The Balaban J connectivity index is 0.000000254. The molecule has 0 unspecified atom stereocenters. The Morgan fingerprint density at radius 3 is 2.00 bits per heavy atom. The number of piperidine rings is 1. The van der Waals surface area contributed by atoms with E-state index in [2.05, 4.69) is 64.8 Å². The van der Waals surface area contributed by atoms with E-state index in [1.807, 2.05) is 43.3 Å². The average molecular weight is 548 g/mol. The molecule has 2 aromatic rings. The maximum absolute atomic E-state index is 11.6. The Labute approximate surface area is 180 Å². The topological polar surface area (TPSA) is 29.5 Å². The molecule has 0 aromatic heterocycles. The number of carbonyl (C=O) groups excluding carboxylic acids is 1. The van der Waals surface area contributed by atoms with Crippen molar-refractivity contribution in [2.75, 3.05) is 24.6 Å². The van der Waals surface area contributed by atoms with Crippen LogP contribution in [0, 0.1) is 5.92 Å². The lowest BCUT2D eigenvalue weighted by molar-refractivity contribution is -0.148. The van der Waals surface area contributed by atoms with Crippen molar-refractivity contribution in [3.05, 3.63) is 61.9 Å². The van der Waals surface area contributed by atoms with E-state index in [4.69, 9.17) is 4.74 Å². The summed E-state index contributed by atoms with van der Waals surface area (Å²) in [5, 5.41) is 0. The molecular weight excluding hydrogens is 526 g/mol. The van der Waals surface area contributed by atoms with Crippen molar-refractivity contribution in [2.24, 2.45) is 5.92 Å². The number of carbonyl (C=O) groups is 1. The van der Waals surface area contributed by atoms with E-state index in [1.165, 1.54) is 5.69 Å². The summed E-state index contributed by atoms with van der Waals surface area (Å²) < 4.78 is 8.37. The fraction of sp³-hybridized carbons (Fsp3) is 0.350. The first-order valence-electron chi connectivity index (χ1n) is 8.57. The van der Waals surface area contributed by atoms with Crippen LogP contribution in [0.5, 0.6) is 0 Å². The van der Waals surface area contributed by atoms with Gasteiger partial charge in [0.2, 0.25) is 0 Å². The van der Waals surface area contributed by atoms with Crippen LogP contribution in [-0.2, 0) is 9.53 Å². The Bertz CT molecular complexity index is 698. The zero-order chi connectivity index (χ0) is 18.9. The SMILES string of the molecule is Brc1cccc(Br)c1.CCOC(=O)C1CCN(c2cccc(Br)c2)CC1. The number of nitrogens with zero attached hydrogens (tertiary/aromatic N) is 1. The summed E-state index contributed by atoms with van der Waals surface area (Å²) in [6.45, 7) is 4.17. The summed E-state index contributed by atoms with van der Waals surface area (Å²) in [4.78, 5) is 14.0. The van der Waals surface area contributed by atoms with Crippen LogP contribution in [0.3, 0.4) is 0 Å². The first-order valence-corrected chi connectivity index (χ1v) is 11.0.